The fraction of sp³-hybridized carbons (Fsp3) is 0.357. The molecule has 106 valence electrons. The summed E-state index contributed by atoms with van der Waals surface area (Å²) in [5, 5.41) is 4.03. The van der Waals surface area contributed by atoms with Crippen molar-refractivity contribution in [3.63, 3.8) is 0 Å². The molecule has 0 unspecified atom stereocenters. The van der Waals surface area contributed by atoms with E-state index in [0.717, 1.165) is 35.6 Å². The topological polar surface area (TPSA) is 72.1 Å². The first-order valence-electron chi connectivity index (χ1n) is 6.53. The Labute approximate surface area is 122 Å². The summed E-state index contributed by atoms with van der Waals surface area (Å²) in [6.45, 7) is 2.54. The van der Waals surface area contributed by atoms with Gasteiger partial charge < -0.3 is 10.6 Å². The fourth-order valence-corrected chi connectivity index (χ4v) is 2.65. The van der Waals surface area contributed by atoms with Gasteiger partial charge in [-0.2, -0.15) is 0 Å². The third kappa shape index (κ3) is 3.14. The van der Waals surface area contributed by atoms with Crippen molar-refractivity contribution in [3.05, 3.63) is 40.4 Å². The Bertz CT molecular complexity index is 596. The molecule has 20 heavy (non-hydrogen) atoms. The number of benzene rings is 1. The highest BCUT2D eigenvalue weighted by molar-refractivity contribution is 7.07. The number of anilines is 1. The second-order valence-corrected chi connectivity index (χ2v) is 5.41. The molecule has 2 N–H and O–H groups in total. The van der Waals surface area contributed by atoms with E-state index in [1.807, 2.05) is 24.3 Å². The first kappa shape index (κ1) is 14.5. The number of carbonyl (C=O) groups is 1. The van der Waals surface area contributed by atoms with Gasteiger partial charge in [0.05, 0.1) is 5.69 Å². The van der Waals surface area contributed by atoms with Crippen molar-refractivity contribution in [3.8, 4) is 0 Å². The molecule has 1 amide bonds. The second kappa shape index (κ2) is 6.47. The van der Waals surface area contributed by atoms with E-state index >= 15 is 0 Å². The summed E-state index contributed by atoms with van der Waals surface area (Å²) in [4.78, 5) is 14.7. The number of hydrogen-bond acceptors (Lipinski definition) is 5. The first-order valence-corrected chi connectivity index (χ1v) is 7.31. The minimum absolute atomic E-state index is 0.0493. The Morgan fingerprint density at radius 1 is 1.40 bits per heavy atom. The normalized spacial score (nSPS) is 10.5. The average Bonchev–Trinajstić information content (AvgIpc) is 2.89. The van der Waals surface area contributed by atoms with E-state index in [1.165, 1.54) is 0 Å². The summed E-state index contributed by atoms with van der Waals surface area (Å²) in [6, 6.07) is 7.56. The Morgan fingerprint density at radius 2 is 2.15 bits per heavy atom. The van der Waals surface area contributed by atoms with Crippen LogP contribution >= 0.6 is 11.5 Å². The van der Waals surface area contributed by atoms with Gasteiger partial charge in [-0.05, 0) is 29.6 Å². The molecular weight excluding hydrogens is 272 g/mol. The number of nitrogens with zero attached hydrogens (tertiary/aromatic N) is 3. The van der Waals surface area contributed by atoms with Crippen LogP contribution in [0.2, 0.25) is 0 Å². The number of rotatable bonds is 5. The van der Waals surface area contributed by atoms with Crippen LogP contribution in [0.4, 0.5) is 5.69 Å². The van der Waals surface area contributed by atoms with Gasteiger partial charge in [-0.25, -0.2) is 0 Å². The molecule has 0 fully saturated rings. The number of aromatic nitrogens is 2. The maximum Gasteiger partial charge on any atom is 0.267 e. The third-order valence-corrected chi connectivity index (χ3v) is 3.80. The average molecular weight is 290 g/mol. The van der Waals surface area contributed by atoms with Crippen molar-refractivity contribution in [2.24, 2.45) is 0 Å². The minimum atomic E-state index is -0.0493. The summed E-state index contributed by atoms with van der Waals surface area (Å²) in [7, 11) is 1.77. The van der Waals surface area contributed by atoms with E-state index in [9.17, 15) is 4.79 Å². The smallest absolute Gasteiger partial charge is 0.267 e. The van der Waals surface area contributed by atoms with Gasteiger partial charge in [0, 0.05) is 19.3 Å². The zero-order chi connectivity index (χ0) is 14.5. The lowest BCUT2D eigenvalue weighted by Crippen LogP contribution is -2.26. The lowest BCUT2D eigenvalue weighted by Gasteiger charge is -2.17. The van der Waals surface area contributed by atoms with Crippen molar-refractivity contribution >= 4 is 23.1 Å². The van der Waals surface area contributed by atoms with Crippen LogP contribution in [0, 0.1) is 0 Å². The number of aryl methyl sites for hydroxylation is 1. The molecule has 5 nitrogen and oxygen atoms in total. The predicted octanol–water partition coefficient (Wildman–Crippen LogP) is 2.35. The van der Waals surface area contributed by atoms with Gasteiger partial charge in [0.1, 0.15) is 4.88 Å². The molecule has 0 radical (unpaired) electrons. The lowest BCUT2D eigenvalue weighted by molar-refractivity contribution is 0.0789. The van der Waals surface area contributed by atoms with Crippen molar-refractivity contribution in [1.29, 1.82) is 0 Å². The van der Waals surface area contributed by atoms with E-state index in [2.05, 4.69) is 16.5 Å². The number of amides is 1. The Morgan fingerprint density at radius 3 is 2.85 bits per heavy atom. The Hall–Kier alpha value is -1.95. The molecular formula is C14H18N4OS. The van der Waals surface area contributed by atoms with Gasteiger partial charge in [0.2, 0.25) is 0 Å². The van der Waals surface area contributed by atoms with Crippen LogP contribution in [-0.2, 0) is 13.0 Å². The molecule has 0 aliphatic heterocycles. The second-order valence-electron chi connectivity index (χ2n) is 4.66. The highest BCUT2D eigenvalue weighted by Gasteiger charge is 2.19. The van der Waals surface area contributed by atoms with Crippen LogP contribution in [0.3, 0.4) is 0 Å². The van der Waals surface area contributed by atoms with E-state index in [1.54, 1.807) is 11.9 Å². The van der Waals surface area contributed by atoms with Gasteiger partial charge in [0.15, 0.2) is 0 Å². The molecule has 2 aromatic rings. The summed E-state index contributed by atoms with van der Waals surface area (Å²) in [6.07, 6.45) is 1.72. The van der Waals surface area contributed by atoms with E-state index < -0.39 is 0 Å². The third-order valence-electron chi connectivity index (χ3n) is 3.05. The minimum Gasteiger partial charge on any atom is -0.398 e. The SMILES string of the molecule is CCCc1nnsc1C(=O)N(C)Cc1ccccc1N. The number of nitrogens with two attached hydrogens (primary N) is 1. The molecule has 1 aromatic carbocycles. The van der Waals surface area contributed by atoms with Crippen LogP contribution in [0.15, 0.2) is 24.3 Å². The molecule has 0 atom stereocenters. The number of para-hydroxylation sites is 1. The summed E-state index contributed by atoms with van der Waals surface area (Å²) < 4.78 is 3.89. The van der Waals surface area contributed by atoms with Gasteiger partial charge in [-0.3, -0.25) is 4.79 Å². The Kier molecular flexibility index (Phi) is 4.68. The van der Waals surface area contributed by atoms with Crippen LogP contribution in [0.5, 0.6) is 0 Å². The van der Waals surface area contributed by atoms with Crippen molar-refractivity contribution in [1.82, 2.24) is 14.5 Å². The maximum atomic E-state index is 12.4. The number of nitrogen functional groups attached to an aromatic ring is 1. The summed E-state index contributed by atoms with van der Waals surface area (Å²) in [5.41, 5.74) is 8.33. The molecule has 6 heteroatoms. The van der Waals surface area contributed by atoms with Gasteiger partial charge >= 0.3 is 0 Å². The molecule has 0 saturated heterocycles. The molecule has 0 spiro atoms. The van der Waals surface area contributed by atoms with Crippen LogP contribution in [-0.4, -0.2) is 27.4 Å². The largest absolute Gasteiger partial charge is 0.398 e. The molecule has 0 aliphatic rings. The summed E-state index contributed by atoms with van der Waals surface area (Å²) >= 11 is 1.16. The van der Waals surface area contributed by atoms with Crippen molar-refractivity contribution in [2.75, 3.05) is 12.8 Å². The van der Waals surface area contributed by atoms with Gasteiger partial charge in [-0.15, -0.1) is 5.10 Å². The van der Waals surface area contributed by atoms with E-state index in [4.69, 9.17) is 5.73 Å². The molecule has 1 aromatic heterocycles. The monoisotopic (exact) mass is 290 g/mol. The van der Waals surface area contributed by atoms with E-state index in [-0.39, 0.29) is 5.91 Å². The highest BCUT2D eigenvalue weighted by Crippen LogP contribution is 2.18. The van der Waals surface area contributed by atoms with Crippen molar-refractivity contribution in [2.45, 2.75) is 26.3 Å². The van der Waals surface area contributed by atoms with Gasteiger partial charge in [-0.1, -0.05) is 36.0 Å². The number of carbonyl (C=O) groups excluding carboxylic acids is 1. The zero-order valence-corrected chi connectivity index (χ0v) is 12.5. The van der Waals surface area contributed by atoms with Crippen LogP contribution in [0.25, 0.3) is 0 Å². The first-order chi connectivity index (χ1) is 9.63. The Balaban J connectivity index is 2.13. The van der Waals surface area contributed by atoms with E-state index in [0.29, 0.717) is 17.1 Å². The standard InChI is InChI=1S/C14H18N4OS/c1-3-6-12-13(20-17-16-12)14(19)18(2)9-10-7-4-5-8-11(10)15/h4-5,7-8H,3,6,9,15H2,1-2H3. The van der Waals surface area contributed by atoms with Gasteiger partial charge in [0.25, 0.3) is 5.91 Å². The molecule has 0 bridgehead atoms. The lowest BCUT2D eigenvalue weighted by atomic mass is 10.1. The number of hydrogen-bond donors (Lipinski definition) is 1. The fourth-order valence-electron chi connectivity index (χ4n) is 1.95. The maximum absolute atomic E-state index is 12.4. The quantitative estimate of drug-likeness (QED) is 0.858. The molecule has 1 heterocycles. The molecule has 0 saturated carbocycles. The molecule has 2 rings (SSSR count). The predicted molar refractivity (Wildman–Crippen MR) is 80.6 cm³/mol. The van der Waals surface area contributed by atoms with Crippen LogP contribution in [0.1, 0.15) is 34.3 Å². The van der Waals surface area contributed by atoms with Crippen molar-refractivity contribution < 1.29 is 4.79 Å². The summed E-state index contributed by atoms with van der Waals surface area (Å²) in [5.74, 6) is -0.0493. The highest BCUT2D eigenvalue weighted by atomic mass is 32.1. The van der Waals surface area contributed by atoms with Crippen LogP contribution < -0.4 is 5.73 Å². The molecule has 0 aliphatic carbocycles. The zero-order valence-electron chi connectivity index (χ0n) is 11.7.